The van der Waals surface area contributed by atoms with Crippen LogP contribution < -0.4 is 5.32 Å². The molecule has 2 unspecified atom stereocenters. The van der Waals surface area contributed by atoms with Gasteiger partial charge in [0, 0.05) is 25.2 Å². The summed E-state index contributed by atoms with van der Waals surface area (Å²) in [4.78, 5) is 2.57. The molecule has 1 aliphatic heterocycles. The van der Waals surface area contributed by atoms with E-state index < -0.39 is 0 Å². The zero-order valence-electron chi connectivity index (χ0n) is 9.51. The van der Waals surface area contributed by atoms with Crippen molar-refractivity contribution in [1.82, 2.24) is 10.2 Å². The third kappa shape index (κ3) is 3.28. The van der Waals surface area contributed by atoms with Crippen molar-refractivity contribution in [3.63, 3.8) is 0 Å². The van der Waals surface area contributed by atoms with Crippen molar-refractivity contribution in [3.8, 4) is 0 Å². The van der Waals surface area contributed by atoms with Crippen molar-refractivity contribution < 1.29 is 0 Å². The van der Waals surface area contributed by atoms with Gasteiger partial charge in [-0.05, 0) is 25.8 Å². The van der Waals surface area contributed by atoms with E-state index in [4.69, 9.17) is 0 Å². The van der Waals surface area contributed by atoms with Gasteiger partial charge < -0.3 is 5.32 Å². The van der Waals surface area contributed by atoms with Crippen molar-refractivity contribution in [3.05, 3.63) is 0 Å². The SMILES string of the molecule is CCN1CC(CC(C)C)NCC1C. The van der Waals surface area contributed by atoms with Gasteiger partial charge in [-0.2, -0.15) is 0 Å². The minimum atomic E-state index is 0.716. The predicted molar refractivity (Wildman–Crippen MR) is 58.0 cm³/mol. The zero-order valence-corrected chi connectivity index (χ0v) is 9.51. The van der Waals surface area contributed by atoms with Gasteiger partial charge in [0.25, 0.3) is 0 Å². The highest BCUT2D eigenvalue weighted by Gasteiger charge is 2.23. The Bertz CT molecular complexity index is 145. The van der Waals surface area contributed by atoms with Gasteiger partial charge in [-0.3, -0.25) is 4.90 Å². The fraction of sp³-hybridized carbons (Fsp3) is 1.00. The Kier molecular flexibility index (Phi) is 4.20. The van der Waals surface area contributed by atoms with Crippen LogP contribution in [0.1, 0.15) is 34.1 Å². The summed E-state index contributed by atoms with van der Waals surface area (Å²) in [5.41, 5.74) is 0. The number of rotatable bonds is 3. The molecular formula is C11H24N2. The molecule has 0 aliphatic carbocycles. The van der Waals surface area contributed by atoms with Gasteiger partial charge in [0.2, 0.25) is 0 Å². The topological polar surface area (TPSA) is 15.3 Å². The molecule has 0 aromatic rings. The lowest BCUT2D eigenvalue weighted by Crippen LogP contribution is -2.55. The second kappa shape index (κ2) is 4.97. The Morgan fingerprint density at radius 1 is 1.46 bits per heavy atom. The first-order valence-electron chi connectivity index (χ1n) is 5.61. The highest BCUT2D eigenvalue weighted by Crippen LogP contribution is 2.12. The minimum Gasteiger partial charge on any atom is -0.311 e. The summed E-state index contributed by atoms with van der Waals surface area (Å²) in [7, 11) is 0. The molecule has 0 aromatic carbocycles. The van der Waals surface area contributed by atoms with Crippen LogP contribution in [0.4, 0.5) is 0 Å². The van der Waals surface area contributed by atoms with Crippen LogP contribution in [-0.2, 0) is 0 Å². The van der Waals surface area contributed by atoms with Gasteiger partial charge in [0.05, 0.1) is 0 Å². The molecule has 1 heterocycles. The van der Waals surface area contributed by atoms with Crippen LogP contribution >= 0.6 is 0 Å². The van der Waals surface area contributed by atoms with E-state index in [1.807, 2.05) is 0 Å². The zero-order chi connectivity index (χ0) is 9.84. The van der Waals surface area contributed by atoms with E-state index in [2.05, 4.69) is 37.9 Å². The Labute approximate surface area is 82.7 Å². The molecule has 1 N–H and O–H groups in total. The minimum absolute atomic E-state index is 0.716. The molecule has 0 radical (unpaired) electrons. The van der Waals surface area contributed by atoms with Gasteiger partial charge in [-0.15, -0.1) is 0 Å². The number of nitrogens with one attached hydrogen (secondary N) is 1. The molecule has 1 fully saturated rings. The molecule has 0 bridgehead atoms. The molecule has 1 saturated heterocycles. The van der Waals surface area contributed by atoms with E-state index in [1.165, 1.54) is 19.5 Å². The third-order valence-corrected chi connectivity index (χ3v) is 2.94. The quantitative estimate of drug-likeness (QED) is 0.718. The lowest BCUT2D eigenvalue weighted by Gasteiger charge is -2.38. The van der Waals surface area contributed by atoms with Crippen LogP contribution in [0.25, 0.3) is 0 Å². The summed E-state index contributed by atoms with van der Waals surface area (Å²) >= 11 is 0. The van der Waals surface area contributed by atoms with Crippen LogP contribution in [0.2, 0.25) is 0 Å². The number of hydrogen-bond donors (Lipinski definition) is 1. The van der Waals surface area contributed by atoms with E-state index >= 15 is 0 Å². The molecule has 13 heavy (non-hydrogen) atoms. The maximum Gasteiger partial charge on any atom is 0.0198 e. The Hall–Kier alpha value is -0.0800. The number of likely N-dealkylation sites (N-methyl/N-ethyl adjacent to an activating group) is 1. The lowest BCUT2D eigenvalue weighted by molar-refractivity contribution is 0.139. The fourth-order valence-electron chi connectivity index (χ4n) is 2.16. The Morgan fingerprint density at radius 2 is 2.15 bits per heavy atom. The van der Waals surface area contributed by atoms with Crippen LogP contribution in [0.15, 0.2) is 0 Å². The number of hydrogen-bond acceptors (Lipinski definition) is 2. The van der Waals surface area contributed by atoms with Crippen LogP contribution in [0.5, 0.6) is 0 Å². The average Bonchev–Trinajstić information content (AvgIpc) is 2.07. The van der Waals surface area contributed by atoms with Crippen LogP contribution in [0.3, 0.4) is 0 Å². The van der Waals surface area contributed by atoms with Gasteiger partial charge in [-0.25, -0.2) is 0 Å². The van der Waals surface area contributed by atoms with E-state index in [1.54, 1.807) is 0 Å². The summed E-state index contributed by atoms with van der Waals surface area (Å²) in [6.07, 6.45) is 1.31. The summed E-state index contributed by atoms with van der Waals surface area (Å²) < 4.78 is 0. The molecular weight excluding hydrogens is 160 g/mol. The van der Waals surface area contributed by atoms with Crippen molar-refractivity contribution in [2.24, 2.45) is 5.92 Å². The fourth-order valence-corrected chi connectivity index (χ4v) is 2.16. The van der Waals surface area contributed by atoms with Crippen molar-refractivity contribution in [1.29, 1.82) is 0 Å². The lowest BCUT2D eigenvalue weighted by atomic mass is 10.0. The summed E-state index contributed by atoms with van der Waals surface area (Å²) in [6, 6.07) is 1.43. The van der Waals surface area contributed by atoms with Crippen molar-refractivity contribution >= 4 is 0 Å². The normalized spacial score (nSPS) is 31.2. The first kappa shape index (κ1) is 11.0. The number of piperazine rings is 1. The Balaban J connectivity index is 2.36. The van der Waals surface area contributed by atoms with Crippen molar-refractivity contribution in [2.45, 2.75) is 46.2 Å². The molecule has 2 nitrogen and oxygen atoms in total. The second-order valence-electron chi connectivity index (χ2n) is 4.67. The van der Waals surface area contributed by atoms with Crippen LogP contribution in [0, 0.1) is 5.92 Å². The summed E-state index contributed by atoms with van der Waals surface area (Å²) in [5, 5.41) is 3.62. The molecule has 2 heteroatoms. The van der Waals surface area contributed by atoms with Crippen molar-refractivity contribution in [2.75, 3.05) is 19.6 Å². The first-order valence-corrected chi connectivity index (χ1v) is 5.61. The van der Waals surface area contributed by atoms with Gasteiger partial charge >= 0.3 is 0 Å². The predicted octanol–water partition coefficient (Wildman–Crippen LogP) is 1.71. The maximum absolute atomic E-state index is 3.62. The summed E-state index contributed by atoms with van der Waals surface area (Å²) in [6.45, 7) is 12.8. The van der Waals surface area contributed by atoms with Gasteiger partial charge in [0.1, 0.15) is 0 Å². The highest BCUT2D eigenvalue weighted by molar-refractivity contribution is 4.83. The van der Waals surface area contributed by atoms with Crippen LogP contribution in [-0.4, -0.2) is 36.6 Å². The van der Waals surface area contributed by atoms with Gasteiger partial charge in [0.15, 0.2) is 0 Å². The third-order valence-electron chi connectivity index (χ3n) is 2.94. The molecule has 0 spiro atoms. The van der Waals surface area contributed by atoms with E-state index in [-0.39, 0.29) is 0 Å². The molecule has 2 atom stereocenters. The smallest absolute Gasteiger partial charge is 0.0198 e. The average molecular weight is 184 g/mol. The molecule has 78 valence electrons. The molecule has 0 aromatic heterocycles. The van der Waals surface area contributed by atoms with E-state index in [0.717, 1.165) is 18.5 Å². The monoisotopic (exact) mass is 184 g/mol. The summed E-state index contributed by atoms with van der Waals surface area (Å²) in [5.74, 6) is 0.810. The highest BCUT2D eigenvalue weighted by atomic mass is 15.2. The number of nitrogens with zero attached hydrogens (tertiary/aromatic N) is 1. The standard InChI is InChI=1S/C11H24N2/c1-5-13-8-11(6-9(2)3)12-7-10(13)4/h9-12H,5-8H2,1-4H3. The van der Waals surface area contributed by atoms with E-state index in [0.29, 0.717) is 6.04 Å². The second-order valence-corrected chi connectivity index (χ2v) is 4.67. The van der Waals surface area contributed by atoms with Gasteiger partial charge in [-0.1, -0.05) is 20.8 Å². The van der Waals surface area contributed by atoms with E-state index in [9.17, 15) is 0 Å². The molecule has 0 amide bonds. The molecule has 1 aliphatic rings. The Morgan fingerprint density at radius 3 is 2.69 bits per heavy atom. The first-order chi connectivity index (χ1) is 6.13. The molecule has 0 saturated carbocycles. The molecule has 1 rings (SSSR count). The maximum atomic E-state index is 3.62. The largest absolute Gasteiger partial charge is 0.311 e.